The Morgan fingerprint density at radius 1 is 1.50 bits per heavy atom. The second kappa shape index (κ2) is 7.94. The van der Waals surface area contributed by atoms with Crippen LogP contribution in [0.4, 0.5) is 10.7 Å². The fourth-order valence-electron chi connectivity index (χ4n) is 1.44. The molecule has 1 aromatic rings. The zero-order valence-corrected chi connectivity index (χ0v) is 11.7. The highest BCUT2D eigenvalue weighted by atomic mass is 32.1. The van der Waals surface area contributed by atoms with Gasteiger partial charge in [-0.1, -0.05) is 0 Å². The summed E-state index contributed by atoms with van der Waals surface area (Å²) in [6.07, 6.45) is 0.933. The molecule has 0 atom stereocenters. The maximum Gasteiger partial charge on any atom is 0.263 e. The molecule has 0 aliphatic rings. The van der Waals surface area contributed by atoms with Gasteiger partial charge in [0.15, 0.2) is 0 Å². The number of nitrogen functional groups attached to an aromatic ring is 1. The van der Waals surface area contributed by atoms with Crippen LogP contribution in [0.5, 0.6) is 0 Å². The number of carbonyl (C=O) groups excluding carboxylic acids is 1. The van der Waals surface area contributed by atoms with E-state index in [2.05, 4.69) is 10.6 Å². The van der Waals surface area contributed by atoms with E-state index in [-0.39, 0.29) is 5.91 Å². The van der Waals surface area contributed by atoms with Gasteiger partial charge in [-0.05, 0) is 26.3 Å². The van der Waals surface area contributed by atoms with Gasteiger partial charge in [-0.2, -0.15) is 0 Å². The zero-order chi connectivity index (χ0) is 13.4. The number of thiophene rings is 1. The predicted octanol–water partition coefficient (Wildman–Crippen LogP) is 1.92. The summed E-state index contributed by atoms with van der Waals surface area (Å²) in [5.41, 5.74) is 6.34. The Morgan fingerprint density at radius 3 is 2.94 bits per heavy atom. The van der Waals surface area contributed by atoms with E-state index in [1.165, 1.54) is 11.3 Å². The molecule has 6 heteroatoms. The average Bonchev–Trinajstić information content (AvgIpc) is 2.71. The Bertz CT molecular complexity index is 379. The predicted molar refractivity (Wildman–Crippen MR) is 76.3 cm³/mol. The summed E-state index contributed by atoms with van der Waals surface area (Å²) in [7, 11) is 0. The van der Waals surface area contributed by atoms with E-state index in [9.17, 15) is 4.79 Å². The largest absolute Gasteiger partial charge is 0.397 e. The molecule has 18 heavy (non-hydrogen) atoms. The highest BCUT2D eigenvalue weighted by molar-refractivity contribution is 7.18. The molecule has 0 unspecified atom stereocenters. The summed E-state index contributed by atoms with van der Waals surface area (Å²) < 4.78 is 5.25. The van der Waals surface area contributed by atoms with Gasteiger partial charge < -0.3 is 21.1 Å². The molecule has 1 amide bonds. The summed E-state index contributed by atoms with van der Waals surface area (Å²) in [5, 5.41) is 6.91. The van der Waals surface area contributed by atoms with Gasteiger partial charge in [-0.3, -0.25) is 4.79 Å². The molecule has 0 saturated heterocycles. The number of hydrogen-bond donors (Lipinski definition) is 3. The van der Waals surface area contributed by atoms with Crippen molar-refractivity contribution in [2.45, 2.75) is 20.3 Å². The molecule has 102 valence electrons. The van der Waals surface area contributed by atoms with Crippen LogP contribution >= 0.6 is 11.3 Å². The number of hydrogen-bond acceptors (Lipinski definition) is 5. The Hall–Kier alpha value is -1.27. The monoisotopic (exact) mass is 271 g/mol. The zero-order valence-electron chi connectivity index (χ0n) is 10.9. The number of amides is 1. The molecule has 1 aromatic heterocycles. The van der Waals surface area contributed by atoms with Crippen molar-refractivity contribution in [3.05, 3.63) is 10.9 Å². The SMILES string of the molecule is CCNC(=O)c1sc(NCCCOCC)cc1N. The average molecular weight is 271 g/mol. The Morgan fingerprint density at radius 2 is 2.28 bits per heavy atom. The summed E-state index contributed by atoms with van der Waals surface area (Å²) in [6.45, 7) is 6.77. The molecule has 5 nitrogen and oxygen atoms in total. The Balaban J connectivity index is 2.43. The van der Waals surface area contributed by atoms with E-state index < -0.39 is 0 Å². The van der Waals surface area contributed by atoms with Crippen LogP contribution in [0.3, 0.4) is 0 Å². The van der Waals surface area contributed by atoms with Crippen LogP contribution in [-0.2, 0) is 4.74 Å². The van der Waals surface area contributed by atoms with Crippen molar-refractivity contribution in [2.24, 2.45) is 0 Å². The van der Waals surface area contributed by atoms with Crippen LogP contribution in [0.15, 0.2) is 6.07 Å². The lowest BCUT2D eigenvalue weighted by atomic mass is 10.3. The third-order valence-electron chi connectivity index (χ3n) is 2.27. The number of carbonyl (C=O) groups is 1. The number of rotatable bonds is 8. The number of nitrogens with two attached hydrogens (primary N) is 1. The maximum absolute atomic E-state index is 11.7. The van der Waals surface area contributed by atoms with Crippen LogP contribution < -0.4 is 16.4 Å². The summed E-state index contributed by atoms with van der Waals surface area (Å²) in [4.78, 5) is 12.2. The first kappa shape index (κ1) is 14.8. The third kappa shape index (κ3) is 4.54. The van der Waals surface area contributed by atoms with Gasteiger partial charge in [0, 0.05) is 26.3 Å². The van der Waals surface area contributed by atoms with Gasteiger partial charge >= 0.3 is 0 Å². The van der Waals surface area contributed by atoms with Gasteiger partial charge in [0.2, 0.25) is 0 Å². The van der Waals surface area contributed by atoms with E-state index >= 15 is 0 Å². The molecule has 0 bridgehead atoms. The molecule has 1 rings (SSSR count). The van der Waals surface area contributed by atoms with Gasteiger partial charge in [0.1, 0.15) is 4.88 Å². The molecule has 0 aromatic carbocycles. The van der Waals surface area contributed by atoms with Crippen molar-refractivity contribution >= 4 is 27.9 Å². The molecule has 0 aliphatic carbocycles. The highest BCUT2D eigenvalue weighted by Gasteiger charge is 2.13. The van der Waals surface area contributed by atoms with Crippen LogP contribution in [0.1, 0.15) is 29.9 Å². The van der Waals surface area contributed by atoms with Gasteiger partial charge in [0.25, 0.3) is 5.91 Å². The molecule has 0 spiro atoms. The number of nitrogens with one attached hydrogen (secondary N) is 2. The van der Waals surface area contributed by atoms with E-state index in [0.29, 0.717) is 17.1 Å². The highest BCUT2D eigenvalue weighted by Crippen LogP contribution is 2.28. The fraction of sp³-hybridized carbons (Fsp3) is 0.583. The van der Waals surface area contributed by atoms with Crippen molar-refractivity contribution < 1.29 is 9.53 Å². The van der Waals surface area contributed by atoms with Crippen LogP contribution in [0, 0.1) is 0 Å². The third-order valence-corrected chi connectivity index (χ3v) is 3.38. The molecule has 0 saturated carbocycles. The van der Waals surface area contributed by atoms with Gasteiger partial charge in [-0.25, -0.2) is 0 Å². The van der Waals surface area contributed by atoms with Crippen LogP contribution in [-0.4, -0.2) is 32.2 Å². The Labute approximate surface area is 112 Å². The summed E-state index contributed by atoms with van der Waals surface area (Å²) in [5.74, 6) is -0.109. The molecule has 4 N–H and O–H groups in total. The van der Waals surface area contributed by atoms with Crippen LogP contribution in [0.2, 0.25) is 0 Å². The van der Waals surface area contributed by atoms with Crippen molar-refractivity contribution in [1.82, 2.24) is 5.32 Å². The standard InChI is InChI=1S/C12H21N3O2S/c1-3-14-12(16)11-9(13)8-10(18-11)15-6-5-7-17-4-2/h8,15H,3-7,13H2,1-2H3,(H,14,16). The summed E-state index contributed by atoms with van der Waals surface area (Å²) >= 11 is 1.38. The van der Waals surface area contributed by atoms with Crippen LogP contribution in [0.25, 0.3) is 0 Å². The van der Waals surface area contributed by atoms with Crippen molar-refractivity contribution in [3.63, 3.8) is 0 Å². The minimum absolute atomic E-state index is 0.109. The molecular formula is C12H21N3O2S. The van der Waals surface area contributed by atoms with Gasteiger partial charge in [0.05, 0.1) is 10.7 Å². The van der Waals surface area contributed by atoms with E-state index in [1.807, 2.05) is 13.8 Å². The molecule has 1 heterocycles. The normalized spacial score (nSPS) is 10.3. The second-order valence-corrected chi connectivity index (χ2v) is 4.78. The fourth-order valence-corrected chi connectivity index (χ4v) is 2.36. The Kier molecular flexibility index (Phi) is 6.53. The van der Waals surface area contributed by atoms with E-state index in [4.69, 9.17) is 10.5 Å². The van der Waals surface area contributed by atoms with E-state index in [1.54, 1.807) is 6.07 Å². The molecule has 0 radical (unpaired) electrons. The van der Waals surface area contributed by atoms with Crippen molar-refractivity contribution in [2.75, 3.05) is 37.4 Å². The number of ether oxygens (including phenoxy) is 1. The lowest BCUT2D eigenvalue weighted by Crippen LogP contribution is -2.22. The first-order valence-electron chi connectivity index (χ1n) is 6.18. The first-order chi connectivity index (χ1) is 8.69. The molecule has 0 aliphatic heterocycles. The van der Waals surface area contributed by atoms with Crippen molar-refractivity contribution in [3.8, 4) is 0 Å². The topological polar surface area (TPSA) is 76.4 Å². The molecule has 0 fully saturated rings. The maximum atomic E-state index is 11.7. The lowest BCUT2D eigenvalue weighted by Gasteiger charge is -2.03. The minimum atomic E-state index is -0.109. The van der Waals surface area contributed by atoms with Crippen molar-refractivity contribution in [1.29, 1.82) is 0 Å². The quantitative estimate of drug-likeness (QED) is 0.631. The summed E-state index contributed by atoms with van der Waals surface area (Å²) in [6, 6.07) is 1.80. The lowest BCUT2D eigenvalue weighted by molar-refractivity contribution is 0.0960. The number of anilines is 2. The minimum Gasteiger partial charge on any atom is -0.397 e. The van der Waals surface area contributed by atoms with Gasteiger partial charge in [-0.15, -0.1) is 11.3 Å². The van der Waals surface area contributed by atoms with E-state index in [0.717, 1.165) is 31.2 Å². The first-order valence-corrected chi connectivity index (χ1v) is 6.99. The second-order valence-electron chi connectivity index (χ2n) is 3.73. The molecular weight excluding hydrogens is 250 g/mol. The smallest absolute Gasteiger partial charge is 0.263 e.